The maximum absolute atomic E-state index is 4.72. The van der Waals surface area contributed by atoms with E-state index in [1.165, 1.54) is 19.3 Å². The van der Waals surface area contributed by atoms with Crippen LogP contribution in [0.5, 0.6) is 0 Å². The van der Waals surface area contributed by atoms with E-state index in [0.717, 1.165) is 46.0 Å². The fourth-order valence-corrected chi connectivity index (χ4v) is 4.49. The molecular weight excluding hydrogens is 354 g/mol. The Morgan fingerprint density at radius 2 is 2.00 bits per heavy atom. The minimum atomic E-state index is 0.741. The molecule has 0 amide bonds. The van der Waals surface area contributed by atoms with Crippen molar-refractivity contribution in [1.29, 1.82) is 0 Å². The van der Waals surface area contributed by atoms with Crippen molar-refractivity contribution in [2.24, 2.45) is 0 Å². The Bertz CT molecular complexity index is 1020. The summed E-state index contributed by atoms with van der Waals surface area (Å²) in [4.78, 5) is 0. The van der Waals surface area contributed by atoms with E-state index >= 15 is 0 Å². The predicted molar refractivity (Wildman–Crippen MR) is 95.8 cm³/mol. The molecule has 5 heterocycles. The van der Waals surface area contributed by atoms with Crippen molar-refractivity contribution < 1.29 is 0 Å². The molecule has 0 unspecified atom stereocenters. The average molecular weight is 369 g/mol. The summed E-state index contributed by atoms with van der Waals surface area (Å²) >= 11 is 3.18. The first-order valence-electron chi connectivity index (χ1n) is 8.23. The number of aromatic nitrogens is 7. The predicted octanol–water partition coefficient (Wildman–Crippen LogP) is 3.32. The molecule has 0 spiro atoms. The highest BCUT2D eigenvalue weighted by Gasteiger charge is 2.17. The van der Waals surface area contributed by atoms with Gasteiger partial charge in [-0.2, -0.15) is 21.0 Å². The minimum absolute atomic E-state index is 0.741. The summed E-state index contributed by atoms with van der Waals surface area (Å²) in [6.07, 6.45) is 4.63. The fraction of sp³-hybridized carbons (Fsp3) is 0.312. The van der Waals surface area contributed by atoms with E-state index in [1.54, 1.807) is 27.6 Å². The molecule has 9 heteroatoms. The molecule has 0 fully saturated rings. The van der Waals surface area contributed by atoms with E-state index in [4.69, 9.17) is 5.10 Å². The van der Waals surface area contributed by atoms with Gasteiger partial charge in [-0.25, -0.2) is 0 Å². The van der Waals surface area contributed by atoms with E-state index in [-0.39, 0.29) is 0 Å². The summed E-state index contributed by atoms with van der Waals surface area (Å²) in [5.74, 6) is 1.85. The quantitative estimate of drug-likeness (QED) is 0.551. The van der Waals surface area contributed by atoms with Crippen LogP contribution < -0.4 is 0 Å². The Morgan fingerprint density at radius 1 is 1.00 bits per heavy atom. The van der Waals surface area contributed by atoms with Gasteiger partial charge in [0.2, 0.25) is 0 Å². The van der Waals surface area contributed by atoms with Crippen molar-refractivity contribution in [3.05, 3.63) is 34.8 Å². The number of aryl methyl sites for hydroxylation is 1. The molecule has 1 aliphatic rings. The molecule has 25 heavy (non-hydrogen) atoms. The van der Waals surface area contributed by atoms with Crippen LogP contribution in [0.3, 0.4) is 0 Å². The first-order chi connectivity index (χ1) is 12.4. The van der Waals surface area contributed by atoms with Crippen molar-refractivity contribution in [2.45, 2.75) is 42.4 Å². The van der Waals surface area contributed by atoms with Crippen LogP contribution in [-0.2, 0) is 13.0 Å². The highest BCUT2D eigenvalue weighted by Crippen LogP contribution is 2.28. The molecule has 4 aromatic heterocycles. The topological polar surface area (TPSA) is 73.8 Å². The Hall–Kier alpha value is -2.26. The summed E-state index contributed by atoms with van der Waals surface area (Å²) in [6, 6.07) is 5.93. The van der Waals surface area contributed by atoms with Crippen LogP contribution >= 0.6 is 23.1 Å². The first kappa shape index (κ1) is 15.0. The lowest BCUT2D eigenvalue weighted by atomic mass is 10.2. The molecule has 0 aromatic carbocycles. The van der Waals surface area contributed by atoms with Gasteiger partial charge in [0.25, 0.3) is 0 Å². The van der Waals surface area contributed by atoms with Crippen LogP contribution in [0, 0.1) is 0 Å². The molecule has 0 radical (unpaired) electrons. The van der Waals surface area contributed by atoms with Gasteiger partial charge in [0.1, 0.15) is 10.9 Å². The van der Waals surface area contributed by atoms with Crippen molar-refractivity contribution in [3.63, 3.8) is 0 Å². The lowest BCUT2D eigenvalue weighted by Crippen LogP contribution is -2.03. The third-order valence-electron chi connectivity index (χ3n) is 4.29. The van der Waals surface area contributed by atoms with Crippen molar-refractivity contribution in [1.82, 2.24) is 34.6 Å². The highest BCUT2D eigenvalue weighted by atomic mass is 32.2. The van der Waals surface area contributed by atoms with Crippen molar-refractivity contribution in [2.75, 3.05) is 0 Å². The number of thiophene rings is 1. The number of fused-ring (bicyclic) bond motifs is 2. The van der Waals surface area contributed by atoms with Gasteiger partial charge >= 0.3 is 0 Å². The monoisotopic (exact) mass is 369 g/mol. The van der Waals surface area contributed by atoms with Gasteiger partial charge in [-0.3, -0.25) is 0 Å². The number of hydrogen-bond donors (Lipinski definition) is 0. The lowest BCUT2D eigenvalue weighted by Gasteiger charge is -2.06. The minimum Gasteiger partial charge on any atom is -0.306 e. The summed E-state index contributed by atoms with van der Waals surface area (Å²) in [5, 5.41) is 27.8. The van der Waals surface area contributed by atoms with Gasteiger partial charge in [-0.05, 0) is 48.2 Å². The van der Waals surface area contributed by atoms with Crippen molar-refractivity contribution >= 4 is 28.7 Å². The molecule has 1 aliphatic heterocycles. The number of rotatable bonds is 3. The maximum Gasteiger partial charge on any atom is 0.197 e. The maximum atomic E-state index is 4.72. The standard InChI is InChI=1S/C16H15N7S2/c1-2-4-12-17-20-16(22(12)8-3-1)25-14-6-5-13-18-19-15(23(13)21-14)11-7-9-24-10-11/h5-7,9-10H,1-4,8H2. The molecule has 0 bridgehead atoms. The molecule has 0 aliphatic carbocycles. The Morgan fingerprint density at radius 3 is 2.92 bits per heavy atom. The van der Waals surface area contributed by atoms with Gasteiger partial charge < -0.3 is 4.57 Å². The Labute approximate surface area is 152 Å². The first-order valence-corrected chi connectivity index (χ1v) is 9.99. The summed E-state index contributed by atoms with van der Waals surface area (Å²) < 4.78 is 4.03. The smallest absolute Gasteiger partial charge is 0.197 e. The van der Waals surface area contributed by atoms with Gasteiger partial charge in [0.15, 0.2) is 16.6 Å². The highest BCUT2D eigenvalue weighted by molar-refractivity contribution is 7.99. The number of nitrogens with zero attached hydrogens (tertiary/aromatic N) is 7. The molecule has 0 atom stereocenters. The molecule has 7 nitrogen and oxygen atoms in total. The normalized spacial score (nSPS) is 14.6. The lowest BCUT2D eigenvalue weighted by molar-refractivity contribution is 0.590. The zero-order valence-electron chi connectivity index (χ0n) is 13.4. The molecule has 5 rings (SSSR count). The molecule has 0 N–H and O–H groups in total. The van der Waals surface area contributed by atoms with Gasteiger partial charge in [0.05, 0.1) is 0 Å². The molecule has 0 saturated heterocycles. The molecular formula is C16H15N7S2. The second kappa shape index (κ2) is 6.23. The molecule has 0 saturated carbocycles. The van der Waals surface area contributed by atoms with Crippen molar-refractivity contribution in [3.8, 4) is 11.4 Å². The zero-order valence-corrected chi connectivity index (χ0v) is 15.0. The van der Waals surface area contributed by atoms with Crippen LogP contribution in [0.15, 0.2) is 39.1 Å². The van der Waals surface area contributed by atoms with E-state index in [1.807, 2.05) is 23.6 Å². The fourth-order valence-electron chi connectivity index (χ4n) is 3.03. The van der Waals surface area contributed by atoms with Gasteiger partial charge in [0, 0.05) is 23.9 Å². The third-order valence-corrected chi connectivity index (χ3v) is 5.88. The summed E-state index contributed by atoms with van der Waals surface area (Å²) in [7, 11) is 0. The number of hydrogen-bond acceptors (Lipinski definition) is 7. The van der Waals surface area contributed by atoms with Crippen LogP contribution in [-0.4, -0.2) is 34.6 Å². The van der Waals surface area contributed by atoms with E-state index in [2.05, 4.69) is 30.3 Å². The van der Waals surface area contributed by atoms with Crippen LogP contribution in [0.25, 0.3) is 17.0 Å². The van der Waals surface area contributed by atoms with E-state index in [9.17, 15) is 0 Å². The molecule has 126 valence electrons. The largest absolute Gasteiger partial charge is 0.306 e. The second-order valence-electron chi connectivity index (χ2n) is 5.94. The summed E-state index contributed by atoms with van der Waals surface area (Å²) in [6.45, 7) is 0.986. The second-order valence-corrected chi connectivity index (χ2v) is 7.71. The zero-order chi connectivity index (χ0) is 16.6. The van der Waals surface area contributed by atoms with Crippen LogP contribution in [0.1, 0.15) is 25.1 Å². The van der Waals surface area contributed by atoms with E-state index in [0.29, 0.717) is 0 Å². The third kappa shape index (κ3) is 2.73. The van der Waals surface area contributed by atoms with Gasteiger partial charge in [-0.15, -0.1) is 20.4 Å². The Kier molecular flexibility index (Phi) is 3.75. The van der Waals surface area contributed by atoms with Crippen LogP contribution in [0.2, 0.25) is 0 Å². The summed E-state index contributed by atoms with van der Waals surface area (Å²) in [5.41, 5.74) is 1.77. The SMILES string of the molecule is c1cc(-c2nnc3ccc(Sc4nnc5n4CCCCC5)nn23)cs1. The Balaban J connectivity index is 1.52. The van der Waals surface area contributed by atoms with Gasteiger partial charge in [-0.1, -0.05) is 6.42 Å². The molecule has 4 aromatic rings. The van der Waals surface area contributed by atoms with E-state index < -0.39 is 0 Å². The average Bonchev–Trinajstić information content (AvgIpc) is 3.33. The van der Waals surface area contributed by atoms with Crippen LogP contribution in [0.4, 0.5) is 0 Å².